The van der Waals surface area contributed by atoms with Crippen molar-refractivity contribution in [3.05, 3.63) is 64.8 Å². The molecular formula is C21H16ClF5N6O2. The number of benzene rings is 1. The lowest BCUT2D eigenvalue weighted by molar-refractivity contribution is -0.137. The van der Waals surface area contributed by atoms with Crippen LogP contribution in [-0.2, 0) is 11.0 Å². The lowest BCUT2D eigenvalue weighted by Gasteiger charge is -2.15. The number of pyridine rings is 1. The Morgan fingerprint density at radius 3 is 2.51 bits per heavy atom. The Hall–Kier alpha value is -3.61. The van der Waals surface area contributed by atoms with Gasteiger partial charge in [0.25, 0.3) is 11.8 Å². The second-order valence-corrected chi connectivity index (χ2v) is 8.30. The first-order valence-electron chi connectivity index (χ1n) is 10.1. The zero-order valence-electron chi connectivity index (χ0n) is 17.8. The molecular weight excluding hydrogens is 499 g/mol. The summed E-state index contributed by atoms with van der Waals surface area (Å²) >= 11 is 5.74. The predicted molar refractivity (Wildman–Crippen MR) is 113 cm³/mol. The molecule has 1 aliphatic carbocycles. The average molecular weight is 515 g/mol. The SMILES string of the molecule is CC(NC(=O)c1cc(Cl)cc(C(F)(F)F)c1)c1ncnn1-c1ccc(NC(=O)C2CC2(F)F)cn1. The van der Waals surface area contributed by atoms with Crippen molar-refractivity contribution in [2.24, 2.45) is 5.92 Å². The van der Waals surface area contributed by atoms with Crippen molar-refractivity contribution < 1.29 is 31.5 Å². The summed E-state index contributed by atoms with van der Waals surface area (Å²) in [7, 11) is 0. The van der Waals surface area contributed by atoms with E-state index < -0.39 is 47.9 Å². The topological polar surface area (TPSA) is 102 Å². The second kappa shape index (κ2) is 8.87. The highest BCUT2D eigenvalue weighted by Gasteiger charge is 2.61. The average Bonchev–Trinajstić information content (AvgIpc) is 3.18. The van der Waals surface area contributed by atoms with Crippen molar-refractivity contribution in [3.8, 4) is 5.82 Å². The number of hydrogen-bond acceptors (Lipinski definition) is 5. The van der Waals surface area contributed by atoms with Gasteiger partial charge in [-0.05, 0) is 37.3 Å². The molecule has 0 bridgehead atoms. The molecule has 2 atom stereocenters. The van der Waals surface area contributed by atoms with Crippen molar-refractivity contribution in [2.75, 3.05) is 5.32 Å². The molecule has 14 heteroatoms. The van der Waals surface area contributed by atoms with Gasteiger partial charge in [-0.3, -0.25) is 9.59 Å². The zero-order valence-corrected chi connectivity index (χ0v) is 18.5. The first-order chi connectivity index (χ1) is 16.3. The number of hydrogen-bond donors (Lipinski definition) is 2. The van der Waals surface area contributed by atoms with Crippen molar-refractivity contribution in [3.63, 3.8) is 0 Å². The van der Waals surface area contributed by atoms with E-state index in [-0.39, 0.29) is 27.9 Å². The standard InChI is InChI=1S/C21H16ClF5N6O2/c1-10(31-18(34)11-4-12(21(25,26)27)6-13(22)5-11)17-29-9-30-33(17)16-3-2-14(8-28-16)32-19(35)15-7-20(15,23)24/h2-6,8-10,15H,7H2,1H3,(H,31,34)(H,32,35). The van der Waals surface area contributed by atoms with Crippen LogP contribution in [0.5, 0.6) is 0 Å². The molecule has 184 valence electrons. The smallest absolute Gasteiger partial charge is 0.342 e. The first kappa shape index (κ1) is 24.5. The van der Waals surface area contributed by atoms with Gasteiger partial charge in [0.15, 0.2) is 11.6 Å². The largest absolute Gasteiger partial charge is 0.416 e. The highest BCUT2D eigenvalue weighted by molar-refractivity contribution is 6.31. The van der Waals surface area contributed by atoms with Gasteiger partial charge in [-0.2, -0.15) is 23.0 Å². The molecule has 0 radical (unpaired) electrons. The number of amides is 2. The lowest BCUT2D eigenvalue weighted by atomic mass is 10.1. The fourth-order valence-corrected chi connectivity index (χ4v) is 3.50. The fourth-order valence-electron chi connectivity index (χ4n) is 3.26. The highest BCUT2D eigenvalue weighted by Crippen LogP contribution is 2.49. The Bertz CT molecular complexity index is 1280. The van der Waals surface area contributed by atoms with Gasteiger partial charge in [0.2, 0.25) is 5.91 Å². The summed E-state index contributed by atoms with van der Waals surface area (Å²) in [5.41, 5.74) is -1.15. The third-order valence-electron chi connectivity index (χ3n) is 5.17. The molecule has 35 heavy (non-hydrogen) atoms. The quantitative estimate of drug-likeness (QED) is 0.474. The van der Waals surface area contributed by atoms with E-state index in [1.807, 2.05) is 0 Å². The van der Waals surface area contributed by atoms with Crippen LogP contribution in [0.4, 0.5) is 27.6 Å². The maximum absolute atomic E-state index is 13.0. The van der Waals surface area contributed by atoms with Gasteiger partial charge in [-0.25, -0.2) is 18.7 Å². The molecule has 4 rings (SSSR count). The van der Waals surface area contributed by atoms with Crippen molar-refractivity contribution >= 4 is 29.1 Å². The molecule has 0 saturated heterocycles. The van der Waals surface area contributed by atoms with Crippen LogP contribution in [0.1, 0.15) is 41.1 Å². The third-order valence-corrected chi connectivity index (χ3v) is 5.39. The van der Waals surface area contributed by atoms with E-state index in [4.69, 9.17) is 11.6 Å². The van der Waals surface area contributed by atoms with Crippen LogP contribution in [0.15, 0.2) is 42.9 Å². The van der Waals surface area contributed by atoms with Crippen LogP contribution in [-0.4, -0.2) is 37.5 Å². The fraction of sp³-hybridized carbons (Fsp3) is 0.286. The molecule has 1 aromatic carbocycles. The van der Waals surface area contributed by atoms with E-state index in [0.29, 0.717) is 12.1 Å². The Kier molecular flexibility index (Phi) is 6.21. The van der Waals surface area contributed by atoms with E-state index in [2.05, 4.69) is 25.7 Å². The number of alkyl halides is 5. The molecule has 1 fully saturated rings. The van der Waals surface area contributed by atoms with Crippen LogP contribution in [0.3, 0.4) is 0 Å². The normalized spacial score (nSPS) is 17.5. The van der Waals surface area contributed by atoms with Crippen LogP contribution in [0.2, 0.25) is 5.02 Å². The van der Waals surface area contributed by atoms with Gasteiger partial charge in [-0.1, -0.05) is 11.6 Å². The first-order valence-corrected chi connectivity index (χ1v) is 10.5. The summed E-state index contributed by atoms with van der Waals surface area (Å²) in [6.45, 7) is 1.54. The lowest BCUT2D eigenvalue weighted by Crippen LogP contribution is -2.29. The van der Waals surface area contributed by atoms with Crippen molar-refractivity contribution in [1.29, 1.82) is 0 Å². The second-order valence-electron chi connectivity index (χ2n) is 7.86. The van der Waals surface area contributed by atoms with Crippen molar-refractivity contribution in [1.82, 2.24) is 25.1 Å². The van der Waals surface area contributed by atoms with E-state index in [0.717, 1.165) is 6.07 Å². The van der Waals surface area contributed by atoms with Gasteiger partial charge in [-0.15, -0.1) is 0 Å². The molecule has 2 aromatic heterocycles. The molecule has 8 nitrogen and oxygen atoms in total. The molecule has 2 amide bonds. The maximum Gasteiger partial charge on any atom is 0.416 e. The molecule has 2 heterocycles. The van der Waals surface area contributed by atoms with Gasteiger partial charge in [0.1, 0.15) is 12.2 Å². The number of aromatic nitrogens is 4. The summed E-state index contributed by atoms with van der Waals surface area (Å²) in [6.07, 6.45) is -2.75. The maximum atomic E-state index is 13.0. The Balaban J connectivity index is 1.47. The zero-order chi connectivity index (χ0) is 25.5. The van der Waals surface area contributed by atoms with Crippen molar-refractivity contribution in [2.45, 2.75) is 31.5 Å². The van der Waals surface area contributed by atoms with Gasteiger partial charge in [0.05, 0.1) is 23.5 Å². The Labute approximate surface area is 199 Å². The van der Waals surface area contributed by atoms with Crippen LogP contribution in [0.25, 0.3) is 5.82 Å². The van der Waals surface area contributed by atoms with Gasteiger partial charge >= 0.3 is 6.18 Å². The molecule has 1 aliphatic rings. The predicted octanol–water partition coefficient (Wildman–Crippen LogP) is 4.42. The molecule has 2 unspecified atom stereocenters. The molecule has 3 aromatic rings. The van der Waals surface area contributed by atoms with Crippen LogP contribution < -0.4 is 10.6 Å². The monoisotopic (exact) mass is 514 g/mol. The number of halogens is 6. The summed E-state index contributed by atoms with van der Waals surface area (Å²) in [4.78, 5) is 32.6. The van der Waals surface area contributed by atoms with Gasteiger partial charge in [0, 0.05) is 17.0 Å². The Morgan fingerprint density at radius 2 is 1.91 bits per heavy atom. The summed E-state index contributed by atoms with van der Waals surface area (Å²) in [6, 6.07) is 4.57. The molecule has 0 spiro atoms. The minimum absolute atomic E-state index is 0.200. The van der Waals surface area contributed by atoms with E-state index in [9.17, 15) is 31.5 Å². The van der Waals surface area contributed by atoms with Gasteiger partial charge < -0.3 is 10.6 Å². The van der Waals surface area contributed by atoms with E-state index in [1.54, 1.807) is 0 Å². The number of carbonyl (C=O) groups excluding carboxylic acids is 2. The summed E-state index contributed by atoms with van der Waals surface area (Å²) in [5.74, 6) is -5.54. The molecule has 1 saturated carbocycles. The Morgan fingerprint density at radius 1 is 1.20 bits per heavy atom. The van der Waals surface area contributed by atoms with Crippen LogP contribution in [0, 0.1) is 5.92 Å². The minimum Gasteiger partial charge on any atom is -0.342 e. The molecule has 0 aliphatic heterocycles. The van der Waals surface area contributed by atoms with E-state index >= 15 is 0 Å². The number of anilines is 1. The third kappa shape index (κ3) is 5.39. The van der Waals surface area contributed by atoms with Crippen LogP contribution >= 0.6 is 11.6 Å². The number of nitrogens with one attached hydrogen (secondary N) is 2. The number of nitrogens with zero attached hydrogens (tertiary/aromatic N) is 4. The number of rotatable bonds is 6. The highest BCUT2D eigenvalue weighted by atomic mass is 35.5. The summed E-state index contributed by atoms with van der Waals surface area (Å²) in [5, 5.41) is 8.68. The summed E-state index contributed by atoms with van der Waals surface area (Å²) < 4.78 is 66.4. The van der Waals surface area contributed by atoms with E-state index in [1.165, 1.54) is 36.3 Å². The molecule has 2 N–H and O–H groups in total. The number of carbonyl (C=O) groups is 2. The minimum atomic E-state index is -4.68.